The van der Waals surface area contributed by atoms with Crippen LogP contribution in [0.3, 0.4) is 0 Å². The molecule has 2 aromatic carbocycles. The lowest BCUT2D eigenvalue weighted by atomic mass is 10.1. The van der Waals surface area contributed by atoms with Crippen LogP contribution in [0.5, 0.6) is 5.75 Å². The van der Waals surface area contributed by atoms with Crippen LogP contribution in [0.25, 0.3) is 5.57 Å². The van der Waals surface area contributed by atoms with Crippen molar-refractivity contribution in [2.45, 2.75) is 13.8 Å². The van der Waals surface area contributed by atoms with Gasteiger partial charge in [-0.05, 0) is 36.8 Å². The van der Waals surface area contributed by atoms with E-state index in [1.54, 1.807) is 25.3 Å². The quantitative estimate of drug-likeness (QED) is 0.781. The van der Waals surface area contributed by atoms with E-state index in [2.05, 4.69) is 10.6 Å². The lowest BCUT2D eigenvalue weighted by Gasteiger charge is -2.12. The van der Waals surface area contributed by atoms with Gasteiger partial charge in [0, 0.05) is 23.6 Å². The number of nitrogens with one attached hydrogen (secondary N) is 2. The predicted molar refractivity (Wildman–Crippen MR) is 101 cm³/mol. The number of ether oxygens (including phenoxy) is 1. The smallest absolute Gasteiger partial charge is 0.248 e. The second-order valence-electron chi connectivity index (χ2n) is 5.39. The predicted octanol–water partition coefficient (Wildman–Crippen LogP) is 4.35. The molecule has 0 saturated heterocycles. The van der Waals surface area contributed by atoms with Crippen LogP contribution in [0.15, 0.2) is 48.5 Å². The normalized spacial score (nSPS) is 11.0. The molecular weight excluding hydrogens is 340 g/mol. The Morgan fingerprint density at radius 3 is 2.44 bits per heavy atom. The lowest BCUT2D eigenvalue weighted by molar-refractivity contribution is -0.114. The molecule has 0 spiro atoms. The van der Waals surface area contributed by atoms with Crippen molar-refractivity contribution in [3.8, 4) is 5.75 Å². The van der Waals surface area contributed by atoms with Crippen LogP contribution in [0.2, 0.25) is 5.02 Å². The first kappa shape index (κ1) is 18.5. The van der Waals surface area contributed by atoms with Crippen molar-refractivity contribution in [1.29, 1.82) is 0 Å². The number of benzene rings is 2. The van der Waals surface area contributed by atoms with E-state index < -0.39 is 0 Å². The molecule has 0 radical (unpaired) electrons. The van der Waals surface area contributed by atoms with Crippen molar-refractivity contribution in [3.63, 3.8) is 0 Å². The highest BCUT2D eigenvalue weighted by atomic mass is 35.5. The van der Waals surface area contributed by atoms with E-state index in [9.17, 15) is 9.59 Å². The van der Waals surface area contributed by atoms with Gasteiger partial charge in [-0.15, -0.1) is 0 Å². The molecule has 0 aliphatic rings. The van der Waals surface area contributed by atoms with Gasteiger partial charge in [0.25, 0.3) is 0 Å². The molecule has 0 aromatic heterocycles. The molecule has 0 bridgehead atoms. The van der Waals surface area contributed by atoms with Crippen molar-refractivity contribution in [2.75, 3.05) is 17.7 Å². The summed E-state index contributed by atoms with van der Waals surface area (Å²) in [5.41, 5.74) is 2.49. The van der Waals surface area contributed by atoms with Gasteiger partial charge in [0.1, 0.15) is 5.75 Å². The number of methoxy groups -OCH3 is 1. The third-order valence-electron chi connectivity index (χ3n) is 3.43. The Kier molecular flexibility index (Phi) is 6.19. The van der Waals surface area contributed by atoms with Gasteiger partial charge in [-0.3, -0.25) is 9.59 Å². The zero-order chi connectivity index (χ0) is 18.4. The third kappa shape index (κ3) is 5.09. The summed E-state index contributed by atoms with van der Waals surface area (Å²) in [7, 11) is 1.58. The molecule has 0 unspecified atom stereocenters. The number of hydrogen-bond donors (Lipinski definition) is 2. The number of halogens is 1. The second kappa shape index (κ2) is 8.35. The van der Waals surface area contributed by atoms with Crippen molar-refractivity contribution in [3.05, 3.63) is 59.1 Å². The van der Waals surface area contributed by atoms with Crippen LogP contribution in [-0.4, -0.2) is 18.9 Å². The van der Waals surface area contributed by atoms with E-state index >= 15 is 0 Å². The minimum absolute atomic E-state index is 0.251. The molecule has 2 rings (SSSR count). The highest BCUT2D eigenvalue weighted by molar-refractivity contribution is 6.31. The van der Waals surface area contributed by atoms with E-state index in [1.165, 1.54) is 13.0 Å². The van der Waals surface area contributed by atoms with Crippen molar-refractivity contribution in [1.82, 2.24) is 0 Å². The molecule has 0 atom stereocenters. The topological polar surface area (TPSA) is 67.4 Å². The molecule has 0 saturated carbocycles. The van der Waals surface area contributed by atoms with Gasteiger partial charge in [0.2, 0.25) is 11.8 Å². The number of rotatable bonds is 5. The lowest BCUT2D eigenvalue weighted by Crippen LogP contribution is -2.13. The summed E-state index contributed by atoms with van der Waals surface area (Å²) >= 11 is 5.94. The first-order valence-electron chi connectivity index (χ1n) is 7.60. The average molecular weight is 359 g/mol. The third-order valence-corrected chi connectivity index (χ3v) is 3.66. The monoisotopic (exact) mass is 358 g/mol. The van der Waals surface area contributed by atoms with Gasteiger partial charge >= 0.3 is 0 Å². The fraction of sp³-hybridized carbons (Fsp3) is 0.158. The molecule has 2 aromatic rings. The molecular formula is C19H19ClN2O3. The fourth-order valence-electron chi connectivity index (χ4n) is 2.33. The molecule has 0 aliphatic heterocycles. The number of amides is 2. The fourth-order valence-corrected chi connectivity index (χ4v) is 2.50. The molecule has 0 fully saturated rings. The molecule has 2 amide bonds. The number of allylic oxidation sites excluding steroid dienone is 1. The first-order valence-corrected chi connectivity index (χ1v) is 7.98. The van der Waals surface area contributed by atoms with Crippen LogP contribution in [0.4, 0.5) is 11.4 Å². The maximum absolute atomic E-state index is 12.3. The van der Waals surface area contributed by atoms with Gasteiger partial charge < -0.3 is 15.4 Å². The standard InChI is InChI=1S/C19H19ClN2O3/c1-12(15-6-4-5-7-18(15)25-3)10-19(24)22-16-9-8-14(20)11-17(16)21-13(2)23/h4-11H,1-3H3,(H,21,23)(H,22,24). The van der Waals surface area contributed by atoms with Crippen molar-refractivity contribution in [2.24, 2.45) is 0 Å². The van der Waals surface area contributed by atoms with Crippen LogP contribution in [-0.2, 0) is 9.59 Å². The second-order valence-corrected chi connectivity index (χ2v) is 5.82. The number of hydrogen-bond acceptors (Lipinski definition) is 3. The molecule has 6 heteroatoms. The van der Waals surface area contributed by atoms with Crippen molar-refractivity contribution >= 4 is 40.4 Å². The summed E-state index contributed by atoms with van der Waals surface area (Å²) in [6.45, 7) is 3.21. The maximum atomic E-state index is 12.3. The van der Waals surface area contributed by atoms with E-state index in [1.807, 2.05) is 31.2 Å². The molecule has 25 heavy (non-hydrogen) atoms. The summed E-state index contributed by atoms with van der Waals surface area (Å²) in [5, 5.41) is 5.86. The van der Waals surface area contributed by atoms with Gasteiger partial charge in [-0.1, -0.05) is 29.8 Å². The highest BCUT2D eigenvalue weighted by Crippen LogP contribution is 2.27. The highest BCUT2D eigenvalue weighted by Gasteiger charge is 2.10. The summed E-state index contributed by atoms with van der Waals surface area (Å²) in [6, 6.07) is 12.3. The average Bonchev–Trinajstić information content (AvgIpc) is 2.56. The Hall–Kier alpha value is -2.79. The van der Waals surface area contributed by atoms with Gasteiger partial charge in [-0.2, -0.15) is 0 Å². The molecule has 5 nitrogen and oxygen atoms in total. The number of carbonyl (C=O) groups is 2. The van der Waals surface area contributed by atoms with Crippen LogP contribution < -0.4 is 15.4 Å². The van der Waals surface area contributed by atoms with E-state index in [-0.39, 0.29) is 11.8 Å². The van der Waals surface area contributed by atoms with Crippen LogP contribution >= 0.6 is 11.6 Å². The maximum Gasteiger partial charge on any atom is 0.248 e. The minimum Gasteiger partial charge on any atom is -0.496 e. The number of para-hydroxylation sites is 1. The number of anilines is 2. The van der Waals surface area contributed by atoms with E-state index in [0.29, 0.717) is 22.1 Å². The zero-order valence-corrected chi connectivity index (χ0v) is 15.0. The van der Waals surface area contributed by atoms with Gasteiger partial charge in [0.05, 0.1) is 18.5 Å². The Morgan fingerprint density at radius 2 is 1.76 bits per heavy atom. The summed E-state index contributed by atoms with van der Waals surface area (Å²) in [6.07, 6.45) is 1.48. The van der Waals surface area contributed by atoms with Crippen LogP contribution in [0.1, 0.15) is 19.4 Å². The van der Waals surface area contributed by atoms with Gasteiger partial charge in [-0.25, -0.2) is 0 Å². The first-order chi connectivity index (χ1) is 11.9. The largest absolute Gasteiger partial charge is 0.496 e. The summed E-state index contributed by atoms with van der Waals surface area (Å²) in [5.74, 6) is 0.116. The SMILES string of the molecule is COc1ccccc1C(C)=CC(=O)Nc1ccc(Cl)cc1NC(C)=O. The summed E-state index contributed by atoms with van der Waals surface area (Å²) < 4.78 is 5.31. The van der Waals surface area contributed by atoms with Crippen molar-refractivity contribution < 1.29 is 14.3 Å². The van der Waals surface area contributed by atoms with E-state index in [4.69, 9.17) is 16.3 Å². The molecule has 0 heterocycles. The Balaban J connectivity index is 2.23. The Morgan fingerprint density at radius 1 is 1.04 bits per heavy atom. The summed E-state index contributed by atoms with van der Waals surface area (Å²) in [4.78, 5) is 23.6. The molecule has 0 aliphatic carbocycles. The molecule has 130 valence electrons. The van der Waals surface area contributed by atoms with E-state index in [0.717, 1.165) is 11.1 Å². The Labute approximate surface area is 151 Å². The van der Waals surface area contributed by atoms with Crippen LogP contribution in [0, 0.1) is 0 Å². The zero-order valence-electron chi connectivity index (χ0n) is 14.2. The molecule has 2 N–H and O–H groups in total. The minimum atomic E-state index is -0.322. The Bertz CT molecular complexity index is 831. The number of carbonyl (C=O) groups excluding carboxylic acids is 2. The van der Waals surface area contributed by atoms with Gasteiger partial charge in [0.15, 0.2) is 0 Å².